The summed E-state index contributed by atoms with van der Waals surface area (Å²) in [4.78, 5) is 11.8. The van der Waals surface area contributed by atoms with Crippen molar-refractivity contribution in [3.05, 3.63) is 28.8 Å². The Morgan fingerprint density at radius 2 is 2.11 bits per heavy atom. The van der Waals surface area contributed by atoms with Crippen molar-refractivity contribution in [1.82, 2.24) is 10.6 Å². The average Bonchev–Trinajstić information content (AvgIpc) is 2.35. The molecular formula is C13H18ClN3O. The Labute approximate surface area is 112 Å². The molecule has 1 fully saturated rings. The predicted octanol–water partition coefficient (Wildman–Crippen LogP) is 2.52. The standard InChI is InChI=1S/C13H18ClN3O/c1-9-2-3-11(14)12(8-9)17-13(18)16-10-4-6-15-7-5-10/h2-3,8,10,15H,4-7H2,1H3,(H2,16,17,18). The van der Waals surface area contributed by atoms with Gasteiger partial charge < -0.3 is 16.0 Å². The number of piperidine rings is 1. The van der Waals surface area contributed by atoms with Crippen LogP contribution in [0.15, 0.2) is 18.2 Å². The molecule has 1 aromatic rings. The average molecular weight is 268 g/mol. The molecule has 0 unspecified atom stereocenters. The quantitative estimate of drug-likeness (QED) is 0.771. The summed E-state index contributed by atoms with van der Waals surface area (Å²) < 4.78 is 0. The fraction of sp³-hybridized carbons (Fsp3) is 0.462. The van der Waals surface area contributed by atoms with Gasteiger partial charge in [0, 0.05) is 6.04 Å². The van der Waals surface area contributed by atoms with Crippen molar-refractivity contribution < 1.29 is 4.79 Å². The third kappa shape index (κ3) is 3.62. The normalized spacial score (nSPS) is 16.3. The van der Waals surface area contributed by atoms with Crippen LogP contribution in [-0.4, -0.2) is 25.2 Å². The van der Waals surface area contributed by atoms with Crippen LogP contribution in [0.2, 0.25) is 5.02 Å². The molecule has 1 aliphatic rings. The first kappa shape index (κ1) is 13.2. The summed E-state index contributed by atoms with van der Waals surface area (Å²) in [6.07, 6.45) is 1.93. The molecule has 2 amide bonds. The number of carbonyl (C=O) groups is 1. The van der Waals surface area contributed by atoms with E-state index in [4.69, 9.17) is 11.6 Å². The van der Waals surface area contributed by atoms with Crippen LogP contribution in [0, 0.1) is 6.92 Å². The Balaban J connectivity index is 1.92. The van der Waals surface area contributed by atoms with E-state index in [9.17, 15) is 4.79 Å². The first-order chi connectivity index (χ1) is 8.65. The molecule has 0 atom stereocenters. The minimum absolute atomic E-state index is 0.186. The number of amides is 2. The molecule has 0 spiro atoms. The van der Waals surface area contributed by atoms with Crippen molar-refractivity contribution >= 4 is 23.3 Å². The van der Waals surface area contributed by atoms with E-state index in [1.165, 1.54) is 0 Å². The van der Waals surface area contributed by atoms with Crippen LogP contribution in [0.1, 0.15) is 18.4 Å². The van der Waals surface area contributed by atoms with Crippen LogP contribution >= 0.6 is 11.6 Å². The van der Waals surface area contributed by atoms with Crippen LogP contribution < -0.4 is 16.0 Å². The Kier molecular flexibility index (Phi) is 4.44. The molecule has 0 saturated carbocycles. The second kappa shape index (κ2) is 6.07. The van der Waals surface area contributed by atoms with Gasteiger partial charge in [0.1, 0.15) is 0 Å². The molecular weight excluding hydrogens is 250 g/mol. The number of rotatable bonds is 2. The summed E-state index contributed by atoms with van der Waals surface area (Å²) in [5.41, 5.74) is 1.72. The van der Waals surface area contributed by atoms with E-state index in [2.05, 4.69) is 16.0 Å². The van der Waals surface area contributed by atoms with Crippen LogP contribution in [0.5, 0.6) is 0 Å². The van der Waals surface area contributed by atoms with Gasteiger partial charge in [-0.1, -0.05) is 17.7 Å². The lowest BCUT2D eigenvalue weighted by Gasteiger charge is -2.23. The first-order valence-corrected chi connectivity index (χ1v) is 6.57. The number of hydrogen-bond donors (Lipinski definition) is 3. The van der Waals surface area contributed by atoms with Gasteiger partial charge in [0.2, 0.25) is 0 Å². The number of urea groups is 1. The maximum atomic E-state index is 11.8. The van der Waals surface area contributed by atoms with Gasteiger partial charge in [0.15, 0.2) is 0 Å². The summed E-state index contributed by atoms with van der Waals surface area (Å²) in [5.74, 6) is 0. The second-order valence-electron chi connectivity index (χ2n) is 4.61. The Morgan fingerprint density at radius 3 is 2.83 bits per heavy atom. The molecule has 0 radical (unpaired) electrons. The maximum Gasteiger partial charge on any atom is 0.319 e. The SMILES string of the molecule is Cc1ccc(Cl)c(NC(=O)NC2CCNCC2)c1. The molecule has 2 rings (SSSR count). The fourth-order valence-electron chi connectivity index (χ4n) is 2.04. The molecule has 5 heteroatoms. The van der Waals surface area contributed by atoms with E-state index >= 15 is 0 Å². The molecule has 1 aromatic carbocycles. The van der Waals surface area contributed by atoms with E-state index in [-0.39, 0.29) is 12.1 Å². The highest BCUT2D eigenvalue weighted by molar-refractivity contribution is 6.33. The summed E-state index contributed by atoms with van der Waals surface area (Å²) in [7, 11) is 0. The van der Waals surface area contributed by atoms with Gasteiger partial charge in [-0.3, -0.25) is 0 Å². The van der Waals surface area contributed by atoms with Gasteiger partial charge in [-0.25, -0.2) is 4.79 Å². The molecule has 0 aromatic heterocycles. The van der Waals surface area contributed by atoms with Gasteiger partial charge in [-0.15, -0.1) is 0 Å². The van der Waals surface area contributed by atoms with E-state index in [0.29, 0.717) is 10.7 Å². The highest BCUT2D eigenvalue weighted by Crippen LogP contribution is 2.22. The van der Waals surface area contributed by atoms with Gasteiger partial charge >= 0.3 is 6.03 Å². The van der Waals surface area contributed by atoms with Crippen LogP contribution in [0.3, 0.4) is 0 Å². The molecule has 0 aliphatic carbocycles. The number of halogens is 1. The van der Waals surface area contributed by atoms with Crippen LogP contribution in [-0.2, 0) is 0 Å². The van der Waals surface area contributed by atoms with E-state index in [1.54, 1.807) is 6.07 Å². The predicted molar refractivity (Wildman–Crippen MR) is 74.2 cm³/mol. The highest BCUT2D eigenvalue weighted by Gasteiger charge is 2.15. The minimum atomic E-state index is -0.186. The van der Waals surface area contributed by atoms with Crippen molar-refractivity contribution in [2.75, 3.05) is 18.4 Å². The Morgan fingerprint density at radius 1 is 1.39 bits per heavy atom. The number of aryl methyl sites for hydroxylation is 1. The number of carbonyl (C=O) groups excluding carboxylic acids is 1. The van der Waals surface area contributed by atoms with E-state index in [1.807, 2.05) is 19.1 Å². The fourth-order valence-corrected chi connectivity index (χ4v) is 2.21. The van der Waals surface area contributed by atoms with Crippen LogP contribution in [0.4, 0.5) is 10.5 Å². The monoisotopic (exact) mass is 267 g/mol. The molecule has 98 valence electrons. The Hall–Kier alpha value is -1.26. The smallest absolute Gasteiger partial charge is 0.319 e. The lowest BCUT2D eigenvalue weighted by atomic mass is 10.1. The summed E-state index contributed by atoms with van der Waals surface area (Å²) in [6.45, 7) is 3.87. The van der Waals surface area contributed by atoms with E-state index < -0.39 is 0 Å². The zero-order valence-electron chi connectivity index (χ0n) is 10.4. The van der Waals surface area contributed by atoms with E-state index in [0.717, 1.165) is 31.5 Å². The van der Waals surface area contributed by atoms with Gasteiger partial charge in [0.25, 0.3) is 0 Å². The molecule has 3 N–H and O–H groups in total. The maximum absolute atomic E-state index is 11.8. The molecule has 1 heterocycles. The third-order valence-electron chi connectivity index (χ3n) is 3.04. The largest absolute Gasteiger partial charge is 0.335 e. The van der Waals surface area contributed by atoms with Crippen molar-refractivity contribution in [2.45, 2.75) is 25.8 Å². The summed E-state index contributed by atoms with van der Waals surface area (Å²) in [6, 6.07) is 5.63. The molecule has 18 heavy (non-hydrogen) atoms. The van der Waals surface area contributed by atoms with Crippen LogP contribution in [0.25, 0.3) is 0 Å². The second-order valence-corrected chi connectivity index (χ2v) is 5.01. The Bertz CT molecular complexity index is 430. The molecule has 0 bridgehead atoms. The topological polar surface area (TPSA) is 53.2 Å². The van der Waals surface area contributed by atoms with Gasteiger partial charge in [-0.2, -0.15) is 0 Å². The molecule has 1 saturated heterocycles. The number of anilines is 1. The third-order valence-corrected chi connectivity index (χ3v) is 3.37. The molecule has 4 nitrogen and oxygen atoms in total. The minimum Gasteiger partial charge on any atom is -0.335 e. The molecule has 1 aliphatic heterocycles. The van der Waals surface area contributed by atoms with Gasteiger partial charge in [0.05, 0.1) is 10.7 Å². The van der Waals surface area contributed by atoms with Crippen molar-refractivity contribution in [3.63, 3.8) is 0 Å². The number of benzene rings is 1. The van der Waals surface area contributed by atoms with Crippen molar-refractivity contribution in [3.8, 4) is 0 Å². The number of nitrogens with one attached hydrogen (secondary N) is 3. The number of hydrogen-bond acceptors (Lipinski definition) is 2. The van der Waals surface area contributed by atoms with Gasteiger partial charge in [-0.05, 0) is 50.6 Å². The highest BCUT2D eigenvalue weighted by atomic mass is 35.5. The zero-order valence-corrected chi connectivity index (χ0v) is 11.2. The van der Waals surface area contributed by atoms with Crippen molar-refractivity contribution in [2.24, 2.45) is 0 Å². The van der Waals surface area contributed by atoms with Crippen molar-refractivity contribution in [1.29, 1.82) is 0 Å². The lowest BCUT2D eigenvalue weighted by molar-refractivity contribution is 0.245. The lowest BCUT2D eigenvalue weighted by Crippen LogP contribution is -2.44. The summed E-state index contributed by atoms with van der Waals surface area (Å²) >= 11 is 6.03. The first-order valence-electron chi connectivity index (χ1n) is 6.19. The zero-order chi connectivity index (χ0) is 13.0. The summed E-state index contributed by atoms with van der Waals surface area (Å²) in [5, 5.41) is 9.58.